The summed E-state index contributed by atoms with van der Waals surface area (Å²) in [6.07, 6.45) is 0. The van der Waals surface area contributed by atoms with E-state index in [1.54, 1.807) is 32.0 Å². The molecule has 0 saturated carbocycles. The predicted molar refractivity (Wildman–Crippen MR) is 70.2 cm³/mol. The van der Waals surface area contributed by atoms with Crippen LogP contribution in [0.2, 0.25) is 0 Å². The van der Waals surface area contributed by atoms with Gasteiger partial charge in [0.2, 0.25) is 0 Å². The topological polar surface area (TPSA) is 85.9 Å². The molecule has 0 bridgehead atoms. The number of esters is 1. The normalized spacial score (nSPS) is 10.2. The number of methoxy groups -OCH3 is 1. The Morgan fingerprint density at radius 3 is 2.47 bits per heavy atom. The fourth-order valence-electron chi connectivity index (χ4n) is 1.52. The van der Waals surface area contributed by atoms with Crippen LogP contribution in [0.3, 0.4) is 0 Å². The van der Waals surface area contributed by atoms with Crippen LogP contribution >= 0.6 is 0 Å². The van der Waals surface area contributed by atoms with Gasteiger partial charge in [-0.1, -0.05) is 0 Å². The van der Waals surface area contributed by atoms with Crippen LogP contribution in [0.15, 0.2) is 18.2 Å². The summed E-state index contributed by atoms with van der Waals surface area (Å²) in [5.41, 5.74) is 0.659. The van der Waals surface area contributed by atoms with Crippen molar-refractivity contribution in [2.24, 2.45) is 5.41 Å². The van der Waals surface area contributed by atoms with Crippen molar-refractivity contribution in [3.05, 3.63) is 29.3 Å². The third-order valence-electron chi connectivity index (χ3n) is 2.73. The number of nitriles is 2. The molecule has 0 atom stereocenters. The van der Waals surface area contributed by atoms with Crippen LogP contribution in [0, 0.1) is 28.1 Å². The zero-order valence-corrected chi connectivity index (χ0v) is 11.2. The van der Waals surface area contributed by atoms with Crippen LogP contribution in [0.4, 0.5) is 5.69 Å². The van der Waals surface area contributed by atoms with Crippen molar-refractivity contribution in [3.63, 3.8) is 0 Å². The lowest BCUT2D eigenvalue weighted by atomic mass is 9.93. The van der Waals surface area contributed by atoms with E-state index in [4.69, 9.17) is 15.3 Å². The van der Waals surface area contributed by atoms with Crippen LogP contribution in [0.5, 0.6) is 0 Å². The fourth-order valence-corrected chi connectivity index (χ4v) is 1.52. The number of rotatable bonds is 4. The van der Waals surface area contributed by atoms with E-state index in [9.17, 15) is 4.79 Å². The minimum Gasteiger partial charge on any atom is -0.469 e. The van der Waals surface area contributed by atoms with E-state index < -0.39 is 5.41 Å². The second-order valence-corrected chi connectivity index (χ2v) is 4.71. The molecule has 5 heteroatoms. The molecule has 0 heterocycles. The first-order valence-electron chi connectivity index (χ1n) is 5.71. The maximum Gasteiger partial charge on any atom is 0.313 e. The quantitative estimate of drug-likeness (QED) is 0.834. The number of carbonyl (C=O) groups is 1. The molecule has 0 aliphatic heterocycles. The minimum absolute atomic E-state index is 0.309. The van der Waals surface area contributed by atoms with E-state index in [0.29, 0.717) is 23.4 Å². The average molecular weight is 257 g/mol. The molecule has 1 aromatic carbocycles. The number of carbonyl (C=O) groups excluding carboxylic acids is 1. The number of nitrogens with zero attached hydrogens (tertiary/aromatic N) is 2. The number of hydrogen-bond donors (Lipinski definition) is 1. The Morgan fingerprint density at radius 2 is 1.95 bits per heavy atom. The molecule has 0 saturated heterocycles. The summed E-state index contributed by atoms with van der Waals surface area (Å²) >= 11 is 0. The number of anilines is 1. The van der Waals surface area contributed by atoms with Crippen LogP contribution in [-0.4, -0.2) is 19.6 Å². The van der Waals surface area contributed by atoms with Crippen molar-refractivity contribution < 1.29 is 9.53 Å². The Bertz CT molecular complexity index is 565. The Hall–Kier alpha value is -2.53. The van der Waals surface area contributed by atoms with Gasteiger partial charge in [0.05, 0.1) is 23.7 Å². The largest absolute Gasteiger partial charge is 0.469 e. The van der Waals surface area contributed by atoms with E-state index >= 15 is 0 Å². The van der Waals surface area contributed by atoms with E-state index in [0.717, 1.165) is 0 Å². The molecule has 0 aliphatic rings. The van der Waals surface area contributed by atoms with Gasteiger partial charge in [0.1, 0.15) is 12.1 Å². The second-order valence-electron chi connectivity index (χ2n) is 4.71. The summed E-state index contributed by atoms with van der Waals surface area (Å²) in [6, 6.07) is 8.78. The Morgan fingerprint density at radius 1 is 1.32 bits per heavy atom. The fraction of sp³-hybridized carbons (Fsp3) is 0.357. The highest BCUT2D eigenvalue weighted by atomic mass is 16.5. The smallest absolute Gasteiger partial charge is 0.313 e. The first-order chi connectivity index (χ1) is 8.94. The van der Waals surface area contributed by atoms with Crippen molar-refractivity contribution in [2.75, 3.05) is 19.0 Å². The summed E-state index contributed by atoms with van der Waals surface area (Å²) in [4.78, 5) is 11.5. The second kappa shape index (κ2) is 5.88. The van der Waals surface area contributed by atoms with Crippen LogP contribution in [-0.2, 0) is 9.53 Å². The molecule has 0 aliphatic carbocycles. The van der Waals surface area contributed by atoms with Gasteiger partial charge in [0.15, 0.2) is 0 Å². The van der Waals surface area contributed by atoms with Crippen molar-refractivity contribution in [3.8, 4) is 12.1 Å². The zero-order chi connectivity index (χ0) is 14.5. The van der Waals surface area contributed by atoms with Gasteiger partial charge in [0, 0.05) is 12.2 Å². The Balaban J connectivity index is 2.83. The predicted octanol–water partition coefficient (Wildman–Crippen LogP) is 2.04. The molecule has 1 rings (SSSR count). The average Bonchev–Trinajstić information content (AvgIpc) is 2.43. The molecule has 0 fully saturated rings. The lowest BCUT2D eigenvalue weighted by molar-refractivity contribution is -0.149. The highest BCUT2D eigenvalue weighted by Crippen LogP contribution is 2.20. The lowest BCUT2D eigenvalue weighted by Gasteiger charge is -2.22. The molecule has 1 aromatic rings. The SMILES string of the molecule is COC(=O)C(C)(C)CNc1ccc(C#N)c(C#N)c1. The molecule has 0 amide bonds. The van der Waals surface area contributed by atoms with Gasteiger partial charge in [-0.25, -0.2) is 0 Å². The molecule has 1 N–H and O–H groups in total. The summed E-state index contributed by atoms with van der Waals surface area (Å²) < 4.78 is 4.71. The number of benzene rings is 1. The van der Waals surface area contributed by atoms with E-state index in [1.165, 1.54) is 7.11 Å². The molecule has 5 nitrogen and oxygen atoms in total. The third kappa shape index (κ3) is 3.46. The van der Waals surface area contributed by atoms with Gasteiger partial charge >= 0.3 is 5.97 Å². The van der Waals surface area contributed by atoms with Gasteiger partial charge in [-0.3, -0.25) is 4.79 Å². The Kier molecular flexibility index (Phi) is 4.50. The maximum atomic E-state index is 11.5. The van der Waals surface area contributed by atoms with E-state index in [1.807, 2.05) is 12.1 Å². The van der Waals surface area contributed by atoms with Crippen molar-refractivity contribution in [2.45, 2.75) is 13.8 Å². The molecule has 98 valence electrons. The van der Waals surface area contributed by atoms with E-state index in [2.05, 4.69) is 5.32 Å². The van der Waals surface area contributed by atoms with E-state index in [-0.39, 0.29) is 5.97 Å². The highest BCUT2D eigenvalue weighted by molar-refractivity contribution is 5.76. The molecule has 0 radical (unpaired) electrons. The standard InChI is InChI=1S/C14H15N3O2/c1-14(2,13(18)19-3)9-17-12-5-4-10(7-15)11(6-12)8-16/h4-6,17H,9H2,1-3H3. The van der Waals surface area contributed by atoms with Crippen LogP contribution < -0.4 is 5.32 Å². The molecule has 0 aromatic heterocycles. The number of ether oxygens (including phenoxy) is 1. The summed E-state index contributed by atoms with van der Waals surface area (Å²) in [6.45, 7) is 3.90. The van der Waals surface area contributed by atoms with Crippen LogP contribution in [0.1, 0.15) is 25.0 Å². The number of nitrogens with one attached hydrogen (secondary N) is 1. The van der Waals surface area contributed by atoms with Gasteiger partial charge < -0.3 is 10.1 Å². The summed E-state index contributed by atoms with van der Waals surface area (Å²) in [5, 5.41) is 20.8. The molecular formula is C14H15N3O2. The lowest BCUT2D eigenvalue weighted by Crippen LogP contribution is -2.33. The highest BCUT2D eigenvalue weighted by Gasteiger charge is 2.28. The van der Waals surface area contributed by atoms with Crippen molar-refractivity contribution in [1.82, 2.24) is 0 Å². The molecule has 19 heavy (non-hydrogen) atoms. The monoisotopic (exact) mass is 257 g/mol. The zero-order valence-electron chi connectivity index (χ0n) is 11.2. The van der Waals surface area contributed by atoms with Gasteiger partial charge in [-0.15, -0.1) is 0 Å². The van der Waals surface area contributed by atoms with Gasteiger partial charge in [0.25, 0.3) is 0 Å². The van der Waals surface area contributed by atoms with Crippen molar-refractivity contribution >= 4 is 11.7 Å². The third-order valence-corrected chi connectivity index (χ3v) is 2.73. The first kappa shape index (κ1) is 14.5. The minimum atomic E-state index is -0.671. The van der Waals surface area contributed by atoms with Crippen LogP contribution in [0.25, 0.3) is 0 Å². The molecular weight excluding hydrogens is 242 g/mol. The maximum absolute atomic E-state index is 11.5. The van der Waals surface area contributed by atoms with Crippen molar-refractivity contribution in [1.29, 1.82) is 10.5 Å². The van der Waals surface area contributed by atoms with Gasteiger partial charge in [-0.2, -0.15) is 10.5 Å². The molecule has 0 spiro atoms. The first-order valence-corrected chi connectivity index (χ1v) is 5.71. The van der Waals surface area contributed by atoms with Gasteiger partial charge in [-0.05, 0) is 32.0 Å². The number of hydrogen-bond acceptors (Lipinski definition) is 5. The summed E-state index contributed by atoms with van der Waals surface area (Å²) in [7, 11) is 1.35. The Labute approximate surface area is 112 Å². The molecule has 0 unspecified atom stereocenters. The summed E-state index contributed by atoms with van der Waals surface area (Å²) in [5.74, 6) is -0.311.